The summed E-state index contributed by atoms with van der Waals surface area (Å²) in [5.41, 5.74) is 1.52. The standard InChI is InChI=1S/C19H17FN4O/c20-16-6-3-14(4-7-16)17-2-1-10-24(17)19(25)15-5-8-18(22-12-15)23-11-9-21-13-23/h3-9,11-13,17H,1-2,10H2. The second-order valence-corrected chi connectivity index (χ2v) is 6.08. The first kappa shape index (κ1) is 15.5. The number of pyridine rings is 1. The molecule has 1 atom stereocenters. The molecule has 25 heavy (non-hydrogen) atoms. The Morgan fingerprint density at radius 1 is 1.16 bits per heavy atom. The molecule has 1 unspecified atom stereocenters. The lowest BCUT2D eigenvalue weighted by Crippen LogP contribution is -2.30. The minimum atomic E-state index is -0.265. The van der Waals surface area contributed by atoms with Crippen LogP contribution in [0.15, 0.2) is 61.3 Å². The van der Waals surface area contributed by atoms with Crippen LogP contribution in [-0.4, -0.2) is 31.9 Å². The second-order valence-electron chi connectivity index (χ2n) is 6.08. The Kier molecular flexibility index (Phi) is 4.01. The first-order valence-electron chi connectivity index (χ1n) is 8.23. The summed E-state index contributed by atoms with van der Waals surface area (Å²) in [6, 6.07) is 9.97. The van der Waals surface area contributed by atoms with Gasteiger partial charge in [0, 0.05) is 25.1 Å². The summed E-state index contributed by atoms with van der Waals surface area (Å²) in [6.07, 6.45) is 8.56. The number of carbonyl (C=O) groups is 1. The van der Waals surface area contributed by atoms with Crippen molar-refractivity contribution in [3.8, 4) is 5.82 Å². The molecule has 126 valence electrons. The fourth-order valence-corrected chi connectivity index (χ4v) is 3.27. The largest absolute Gasteiger partial charge is 0.332 e. The van der Waals surface area contributed by atoms with Crippen molar-refractivity contribution in [2.45, 2.75) is 18.9 Å². The smallest absolute Gasteiger partial charge is 0.255 e. The van der Waals surface area contributed by atoms with Crippen LogP contribution >= 0.6 is 0 Å². The van der Waals surface area contributed by atoms with Crippen molar-refractivity contribution in [3.63, 3.8) is 0 Å². The van der Waals surface area contributed by atoms with Crippen LogP contribution in [0.2, 0.25) is 0 Å². The zero-order valence-electron chi connectivity index (χ0n) is 13.5. The number of carbonyl (C=O) groups excluding carboxylic acids is 1. The Morgan fingerprint density at radius 3 is 2.68 bits per heavy atom. The van der Waals surface area contributed by atoms with Crippen LogP contribution in [0, 0.1) is 5.82 Å². The number of benzene rings is 1. The second kappa shape index (κ2) is 6.47. The molecule has 0 bridgehead atoms. The molecule has 0 N–H and O–H groups in total. The van der Waals surface area contributed by atoms with Crippen LogP contribution in [0.25, 0.3) is 5.82 Å². The molecule has 1 saturated heterocycles. The quantitative estimate of drug-likeness (QED) is 0.737. The maximum atomic E-state index is 13.2. The Hall–Kier alpha value is -3.02. The molecular formula is C19H17FN4O. The van der Waals surface area contributed by atoms with Crippen molar-refractivity contribution in [2.24, 2.45) is 0 Å². The Labute approximate surface area is 144 Å². The van der Waals surface area contributed by atoms with E-state index in [-0.39, 0.29) is 17.8 Å². The third-order valence-electron chi connectivity index (χ3n) is 4.53. The van der Waals surface area contributed by atoms with E-state index in [4.69, 9.17) is 0 Å². The van der Waals surface area contributed by atoms with Crippen molar-refractivity contribution < 1.29 is 9.18 Å². The van der Waals surface area contributed by atoms with Crippen LogP contribution in [0.1, 0.15) is 34.8 Å². The van der Waals surface area contributed by atoms with Gasteiger partial charge in [0.2, 0.25) is 0 Å². The van der Waals surface area contributed by atoms with Crippen molar-refractivity contribution in [1.82, 2.24) is 19.4 Å². The molecule has 3 heterocycles. The summed E-state index contributed by atoms with van der Waals surface area (Å²) in [5.74, 6) is 0.404. The van der Waals surface area contributed by atoms with Gasteiger partial charge in [0.15, 0.2) is 0 Å². The zero-order valence-corrected chi connectivity index (χ0v) is 13.5. The number of nitrogens with zero attached hydrogens (tertiary/aromatic N) is 4. The van der Waals surface area contributed by atoms with Gasteiger partial charge in [-0.3, -0.25) is 9.36 Å². The Morgan fingerprint density at radius 2 is 2.00 bits per heavy atom. The van der Waals surface area contributed by atoms with Gasteiger partial charge < -0.3 is 4.90 Å². The summed E-state index contributed by atoms with van der Waals surface area (Å²) in [5, 5.41) is 0. The molecule has 4 rings (SSSR count). The number of hydrogen-bond acceptors (Lipinski definition) is 3. The predicted octanol–water partition coefficient (Wildman–Crippen LogP) is 3.38. The van der Waals surface area contributed by atoms with E-state index in [0.717, 1.165) is 18.4 Å². The fraction of sp³-hybridized carbons (Fsp3) is 0.211. The summed E-state index contributed by atoms with van der Waals surface area (Å²) in [6.45, 7) is 0.699. The Balaban J connectivity index is 1.56. The number of rotatable bonds is 3. The highest BCUT2D eigenvalue weighted by atomic mass is 19.1. The molecule has 0 saturated carbocycles. The van der Waals surface area contributed by atoms with Gasteiger partial charge in [-0.05, 0) is 42.7 Å². The lowest BCUT2D eigenvalue weighted by atomic mass is 10.0. The van der Waals surface area contributed by atoms with Crippen molar-refractivity contribution in [2.75, 3.05) is 6.54 Å². The van der Waals surface area contributed by atoms with Crippen molar-refractivity contribution >= 4 is 5.91 Å². The number of halogens is 1. The summed E-state index contributed by atoms with van der Waals surface area (Å²) in [4.78, 5) is 23.1. The molecule has 1 aliphatic heterocycles. The molecule has 0 radical (unpaired) electrons. The lowest BCUT2D eigenvalue weighted by molar-refractivity contribution is 0.0735. The number of likely N-dealkylation sites (tertiary alicyclic amines) is 1. The topological polar surface area (TPSA) is 51.0 Å². The maximum absolute atomic E-state index is 13.2. The van der Waals surface area contributed by atoms with Crippen LogP contribution in [-0.2, 0) is 0 Å². The van der Waals surface area contributed by atoms with Crippen LogP contribution < -0.4 is 0 Å². The number of imidazole rings is 1. The molecule has 6 heteroatoms. The Bertz CT molecular complexity index is 859. The fourth-order valence-electron chi connectivity index (χ4n) is 3.27. The average molecular weight is 336 g/mol. The number of aromatic nitrogens is 3. The van der Waals surface area contributed by atoms with Gasteiger partial charge in [-0.2, -0.15) is 0 Å². The van der Waals surface area contributed by atoms with E-state index in [9.17, 15) is 9.18 Å². The number of amides is 1. The van der Waals surface area contributed by atoms with E-state index in [0.29, 0.717) is 17.9 Å². The van der Waals surface area contributed by atoms with E-state index in [1.54, 1.807) is 53.8 Å². The minimum absolute atomic E-state index is 0.0126. The molecule has 1 aromatic carbocycles. The van der Waals surface area contributed by atoms with Gasteiger partial charge in [0.25, 0.3) is 5.91 Å². The van der Waals surface area contributed by atoms with Crippen LogP contribution in [0.4, 0.5) is 4.39 Å². The van der Waals surface area contributed by atoms with Crippen LogP contribution in [0.5, 0.6) is 0 Å². The highest BCUT2D eigenvalue weighted by Crippen LogP contribution is 2.33. The number of hydrogen-bond donors (Lipinski definition) is 0. The molecular weight excluding hydrogens is 319 g/mol. The van der Waals surface area contributed by atoms with Gasteiger partial charge in [-0.25, -0.2) is 14.4 Å². The van der Waals surface area contributed by atoms with E-state index in [2.05, 4.69) is 9.97 Å². The lowest BCUT2D eigenvalue weighted by Gasteiger charge is -2.25. The van der Waals surface area contributed by atoms with E-state index in [1.807, 2.05) is 4.90 Å². The van der Waals surface area contributed by atoms with Gasteiger partial charge in [-0.1, -0.05) is 12.1 Å². The van der Waals surface area contributed by atoms with E-state index in [1.165, 1.54) is 12.1 Å². The minimum Gasteiger partial charge on any atom is -0.332 e. The monoisotopic (exact) mass is 336 g/mol. The molecule has 1 amide bonds. The summed E-state index contributed by atoms with van der Waals surface area (Å²) >= 11 is 0. The molecule has 2 aromatic heterocycles. The van der Waals surface area contributed by atoms with Crippen molar-refractivity contribution in [1.29, 1.82) is 0 Å². The highest BCUT2D eigenvalue weighted by Gasteiger charge is 2.30. The summed E-state index contributed by atoms with van der Waals surface area (Å²) in [7, 11) is 0. The molecule has 5 nitrogen and oxygen atoms in total. The zero-order chi connectivity index (χ0) is 17.2. The molecule has 1 aliphatic rings. The third kappa shape index (κ3) is 3.03. The predicted molar refractivity (Wildman–Crippen MR) is 90.8 cm³/mol. The molecule has 1 fully saturated rings. The molecule has 0 aliphatic carbocycles. The summed E-state index contributed by atoms with van der Waals surface area (Å²) < 4.78 is 14.9. The normalized spacial score (nSPS) is 17.0. The van der Waals surface area contributed by atoms with Gasteiger partial charge in [0.05, 0.1) is 11.6 Å². The SMILES string of the molecule is O=C(c1ccc(-n2ccnc2)nc1)N1CCCC1c1ccc(F)cc1. The first-order valence-corrected chi connectivity index (χ1v) is 8.23. The highest BCUT2D eigenvalue weighted by molar-refractivity contribution is 5.94. The van der Waals surface area contributed by atoms with Gasteiger partial charge in [0.1, 0.15) is 18.0 Å². The van der Waals surface area contributed by atoms with Crippen molar-refractivity contribution in [3.05, 3.63) is 78.3 Å². The molecule has 0 spiro atoms. The maximum Gasteiger partial charge on any atom is 0.255 e. The first-order chi connectivity index (χ1) is 12.2. The van der Waals surface area contributed by atoms with Crippen LogP contribution in [0.3, 0.4) is 0 Å². The van der Waals surface area contributed by atoms with Gasteiger partial charge >= 0.3 is 0 Å². The molecule has 3 aromatic rings. The average Bonchev–Trinajstić information content (AvgIpc) is 3.34. The van der Waals surface area contributed by atoms with E-state index < -0.39 is 0 Å². The van der Waals surface area contributed by atoms with Gasteiger partial charge in [-0.15, -0.1) is 0 Å². The van der Waals surface area contributed by atoms with E-state index >= 15 is 0 Å². The third-order valence-corrected chi connectivity index (χ3v) is 4.53.